The third-order valence-corrected chi connectivity index (χ3v) is 3.36. The third kappa shape index (κ3) is 5.33. The van der Waals surface area contributed by atoms with Gasteiger partial charge in [0.05, 0.1) is 6.61 Å². The molecule has 0 aromatic heterocycles. The van der Waals surface area contributed by atoms with E-state index in [1.54, 1.807) is 13.0 Å². The van der Waals surface area contributed by atoms with Crippen LogP contribution < -0.4 is 5.32 Å². The van der Waals surface area contributed by atoms with Gasteiger partial charge in [-0.15, -0.1) is 0 Å². The lowest BCUT2D eigenvalue weighted by atomic mass is 10.0. The lowest BCUT2D eigenvalue weighted by Crippen LogP contribution is -2.61. The number of alkyl halides is 7. The van der Waals surface area contributed by atoms with Gasteiger partial charge in [0, 0.05) is 6.42 Å². The Morgan fingerprint density at radius 2 is 1.59 bits per heavy atom. The highest BCUT2D eigenvalue weighted by Gasteiger charge is 2.76. The number of carbonyl (C=O) groups excluding carboxylic acids is 2. The van der Waals surface area contributed by atoms with Crippen molar-refractivity contribution < 1.29 is 45.1 Å². The lowest BCUT2D eigenvalue weighted by molar-refractivity contribution is -0.344. The normalized spacial score (nSPS) is 13.8. The molecule has 11 heteroatoms. The highest BCUT2D eigenvalue weighted by Crippen LogP contribution is 2.46. The van der Waals surface area contributed by atoms with Gasteiger partial charge in [0.15, 0.2) is 0 Å². The Hall–Kier alpha value is -2.33. The highest BCUT2D eigenvalue weighted by atomic mass is 19.4. The molecular weight excluding hydrogens is 387 g/mol. The quantitative estimate of drug-likeness (QED) is 0.534. The van der Waals surface area contributed by atoms with Crippen molar-refractivity contribution >= 4 is 11.9 Å². The van der Waals surface area contributed by atoms with Crippen LogP contribution in [0.4, 0.5) is 30.7 Å². The molecule has 0 aliphatic heterocycles. The molecule has 1 amide bonds. The summed E-state index contributed by atoms with van der Waals surface area (Å²) in [6.07, 6.45) is -6.77. The molecule has 1 aromatic carbocycles. The standard InChI is InChI=1S/C16H16F7NO3/c1-2-8-27-12(25)11(9-10-6-4-3-5-7-10)24-13(26)14(17,18)15(19,20)16(21,22)23/h3-7,11H,2,8-9H2,1H3,(H,24,26). The average Bonchev–Trinajstić information content (AvgIpc) is 2.58. The zero-order valence-corrected chi connectivity index (χ0v) is 14.0. The largest absolute Gasteiger partial charge is 0.464 e. The molecule has 1 rings (SSSR count). The van der Waals surface area contributed by atoms with Gasteiger partial charge in [0.25, 0.3) is 5.91 Å². The molecule has 0 spiro atoms. The number of nitrogens with one attached hydrogen (secondary N) is 1. The van der Waals surface area contributed by atoms with E-state index in [1.807, 2.05) is 0 Å². The van der Waals surface area contributed by atoms with Crippen LogP contribution in [-0.2, 0) is 20.7 Å². The van der Waals surface area contributed by atoms with E-state index >= 15 is 0 Å². The first kappa shape index (κ1) is 22.7. The Balaban J connectivity index is 3.05. The van der Waals surface area contributed by atoms with Crippen molar-refractivity contribution in [1.82, 2.24) is 5.32 Å². The number of carbonyl (C=O) groups is 2. The van der Waals surface area contributed by atoms with Crippen LogP contribution in [0.3, 0.4) is 0 Å². The van der Waals surface area contributed by atoms with E-state index in [4.69, 9.17) is 0 Å². The molecule has 1 unspecified atom stereocenters. The Labute approximate surface area is 149 Å². The smallest absolute Gasteiger partial charge is 0.460 e. The summed E-state index contributed by atoms with van der Waals surface area (Å²) in [4.78, 5) is 23.4. The second-order valence-electron chi connectivity index (χ2n) is 5.53. The molecule has 0 heterocycles. The van der Waals surface area contributed by atoms with E-state index < -0.39 is 42.4 Å². The molecule has 0 aliphatic rings. The number of amides is 1. The summed E-state index contributed by atoms with van der Waals surface area (Å²) in [5, 5.41) is 1.25. The molecular formula is C16H16F7NO3. The van der Waals surface area contributed by atoms with Crippen molar-refractivity contribution in [1.29, 1.82) is 0 Å². The van der Waals surface area contributed by atoms with Crippen LogP contribution in [0.15, 0.2) is 30.3 Å². The molecule has 0 radical (unpaired) electrons. The van der Waals surface area contributed by atoms with Crippen LogP contribution in [0.25, 0.3) is 0 Å². The van der Waals surface area contributed by atoms with Crippen molar-refractivity contribution in [3.8, 4) is 0 Å². The van der Waals surface area contributed by atoms with Crippen LogP contribution in [0.2, 0.25) is 0 Å². The molecule has 0 saturated heterocycles. The Kier molecular flexibility index (Phi) is 7.21. The van der Waals surface area contributed by atoms with E-state index in [0.29, 0.717) is 12.0 Å². The van der Waals surface area contributed by atoms with E-state index in [0.717, 1.165) is 0 Å². The fourth-order valence-electron chi connectivity index (χ4n) is 1.92. The van der Waals surface area contributed by atoms with Crippen molar-refractivity contribution in [2.75, 3.05) is 6.61 Å². The minimum absolute atomic E-state index is 0.158. The number of ether oxygens (including phenoxy) is 1. The first-order chi connectivity index (χ1) is 12.3. The molecule has 27 heavy (non-hydrogen) atoms. The predicted octanol–water partition coefficient (Wildman–Crippen LogP) is 3.50. The minimum Gasteiger partial charge on any atom is -0.464 e. The van der Waals surface area contributed by atoms with Crippen LogP contribution in [-0.4, -0.2) is 42.5 Å². The molecule has 1 N–H and O–H groups in total. The number of hydrogen-bond acceptors (Lipinski definition) is 3. The first-order valence-electron chi connectivity index (χ1n) is 7.68. The van der Waals surface area contributed by atoms with Gasteiger partial charge in [-0.25, -0.2) is 4.79 Å². The van der Waals surface area contributed by atoms with Crippen LogP contribution in [0.1, 0.15) is 18.9 Å². The fraction of sp³-hybridized carbons (Fsp3) is 0.500. The summed E-state index contributed by atoms with van der Waals surface area (Å²) >= 11 is 0. The predicted molar refractivity (Wildman–Crippen MR) is 79.3 cm³/mol. The minimum atomic E-state index is -6.66. The zero-order valence-electron chi connectivity index (χ0n) is 14.0. The maximum absolute atomic E-state index is 13.5. The SMILES string of the molecule is CCCOC(=O)C(Cc1ccccc1)NC(=O)C(F)(F)C(F)(F)C(F)(F)F. The Morgan fingerprint density at radius 1 is 1.04 bits per heavy atom. The molecule has 0 bridgehead atoms. The van der Waals surface area contributed by atoms with Gasteiger partial charge in [-0.1, -0.05) is 37.3 Å². The molecule has 0 saturated carbocycles. The van der Waals surface area contributed by atoms with Crippen LogP contribution in [0, 0.1) is 0 Å². The number of halogens is 7. The lowest BCUT2D eigenvalue weighted by Gasteiger charge is -2.28. The molecule has 0 aliphatic carbocycles. The topological polar surface area (TPSA) is 55.4 Å². The maximum Gasteiger partial charge on any atom is 0.460 e. The molecule has 152 valence electrons. The number of esters is 1. The molecule has 0 fully saturated rings. The van der Waals surface area contributed by atoms with Gasteiger partial charge in [-0.05, 0) is 12.0 Å². The molecule has 1 aromatic rings. The number of rotatable bonds is 8. The summed E-state index contributed by atoms with van der Waals surface area (Å²) in [7, 11) is 0. The summed E-state index contributed by atoms with van der Waals surface area (Å²) in [6, 6.07) is 5.62. The van der Waals surface area contributed by atoms with Gasteiger partial charge >= 0.3 is 24.0 Å². The van der Waals surface area contributed by atoms with E-state index in [1.165, 1.54) is 29.6 Å². The molecule has 4 nitrogen and oxygen atoms in total. The van der Waals surface area contributed by atoms with Crippen LogP contribution in [0.5, 0.6) is 0 Å². The van der Waals surface area contributed by atoms with E-state index in [2.05, 4.69) is 4.74 Å². The summed E-state index contributed by atoms with van der Waals surface area (Å²) in [6.45, 7) is 1.45. The summed E-state index contributed by atoms with van der Waals surface area (Å²) in [5.74, 6) is -16.9. The zero-order chi connectivity index (χ0) is 20.9. The maximum atomic E-state index is 13.5. The van der Waals surface area contributed by atoms with Gasteiger partial charge in [-0.3, -0.25) is 4.79 Å². The van der Waals surface area contributed by atoms with E-state index in [-0.39, 0.29) is 6.61 Å². The van der Waals surface area contributed by atoms with Crippen molar-refractivity contribution in [3.63, 3.8) is 0 Å². The van der Waals surface area contributed by atoms with Gasteiger partial charge in [-0.2, -0.15) is 30.7 Å². The first-order valence-corrected chi connectivity index (χ1v) is 7.68. The highest BCUT2D eigenvalue weighted by molar-refractivity contribution is 5.89. The van der Waals surface area contributed by atoms with Gasteiger partial charge < -0.3 is 10.1 Å². The average molecular weight is 403 g/mol. The molecule has 1 atom stereocenters. The third-order valence-electron chi connectivity index (χ3n) is 3.36. The number of benzene rings is 1. The summed E-state index contributed by atoms with van der Waals surface area (Å²) in [5.41, 5.74) is 0.335. The van der Waals surface area contributed by atoms with Crippen LogP contribution >= 0.6 is 0 Å². The van der Waals surface area contributed by atoms with Gasteiger partial charge in [0.2, 0.25) is 0 Å². The second kappa shape index (κ2) is 8.57. The fourth-order valence-corrected chi connectivity index (χ4v) is 1.92. The Morgan fingerprint density at radius 3 is 2.07 bits per heavy atom. The Bertz CT molecular complexity index is 647. The van der Waals surface area contributed by atoms with Crippen molar-refractivity contribution in [2.24, 2.45) is 0 Å². The monoisotopic (exact) mass is 403 g/mol. The van der Waals surface area contributed by atoms with Crippen molar-refractivity contribution in [3.05, 3.63) is 35.9 Å². The van der Waals surface area contributed by atoms with Crippen molar-refractivity contribution in [2.45, 2.75) is 43.8 Å². The van der Waals surface area contributed by atoms with Gasteiger partial charge in [0.1, 0.15) is 6.04 Å². The number of hydrogen-bond donors (Lipinski definition) is 1. The second-order valence-corrected chi connectivity index (χ2v) is 5.53. The van der Waals surface area contributed by atoms with E-state index in [9.17, 15) is 40.3 Å². The summed E-state index contributed by atoms with van der Waals surface area (Å²) < 4.78 is 94.2.